The first-order valence-electron chi connectivity index (χ1n) is 21.2. The van der Waals surface area contributed by atoms with Crippen LogP contribution < -0.4 is 4.90 Å². The Labute approximate surface area is 346 Å². The third-order valence-electron chi connectivity index (χ3n) is 10.2. The van der Waals surface area contributed by atoms with Crippen LogP contribution in [0.1, 0.15) is 143 Å². The van der Waals surface area contributed by atoms with E-state index in [4.69, 9.17) is 0 Å². The van der Waals surface area contributed by atoms with Crippen LogP contribution >= 0.6 is 0 Å². The average Bonchev–Trinajstić information content (AvgIpc) is 3.94. The number of hydrogen-bond donors (Lipinski definition) is 0. The van der Waals surface area contributed by atoms with Gasteiger partial charge in [-0.05, 0) is 125 Å². The minimum Gasteiger partial charge on any atom is -0.357 e. The second-order valence-electron chi connectivity index (χ2n) is 20.6. The normalized spacial score (nSPS) is 15.4. The summed E-state index contributed by atoms with van der Waals surface area (Å²) in [5, 5.41) is 0. The van der Waals surface area contributed by atoms with Gasteiger partial charge in [0.1, 0.15) is 18.0 Å². The third-order valence-corrected chi connectivity index (χ3v) is 10.2. The van der Waals surface area contributed by atoms with Crippen molar-refractivity contribution >= 4 is 5.82 Å². The Bertz CT molecular complexity index is 1850. The Morgan fingerprint density at radius 3 is 1.70 bits per heavy atom. The SMILES string of the molecule is CC(C)(C)C1CCc2ncccc21.CC(C)(C)CCc1cccnc1.CC(C)(C)Cc1ccc(-n2ccnc2)nc1.CC(C)(C)Cc1ccc(N2CCCC2)nc1. The van der Waals surface area contributed by atoms with E-state index in [1.807, 2.05) is 53.9 Å². The van der Waals surface area contributed by atoms with Crippen molar-refractivity contribution in [3.8, 4) is 5.82 Å². The van der Waals surface area contributed by atoms with E-state index >= 15 is 0 Å². The Balaban J connectivity index is 0.000000170. The van der Waals surface area contributed by atoms with Gasteiger partial charge in [-0.2, -0.15) is 0 Å². The molecule has 1 aliphatic heterocycles. The van der Waals surface area contributed by atoms with Gasteiger partial charge in [-0.3, -0.25) is 14.5 Å². The first-order chi connectivity index (χ1) is 26.8. The molecule has 0 saturated carbocycles. The van der Waals surface area contributed by atoms with Crippen molar-refractivity contribution in [2.75, 3.05) is 18.0 Å². The summed E-state index contributed by atoms with van der Waals surface area (Å²) in [6, 6.07) is 17.0. The standard InChI is InChI=1S/C14H22N2.C13H17N3.C12H17N.C11H17N/c1-14(2,3)10-12-6-7-13(15-11-12)16-8-4-5-9-16;1-13(2,3)8-11-4-5-12(15-9-11)16-7-6-14-10-16;1-12(2,3)10-6-7-11-9(10)5-4-8-13-11;1-11(2,3)7-6-10-5-4-8-12-9-10/h6-7,11H,4-5,8-10H2,1-3H3;4-7,9-10H,8H2,1-3H3;4-5,8,10H,6-7H2,1-3H3;4-5,8-9H,6-7H2,1-3H3. The zero-order valence-corrected chi connectivity index (χ0v) is 37.5. The molecule has 5 aromatic heterocycles. The number of rotatable bonds is 6. The van der Waals surface area contributed by atoms with Crippen LogP contribution in [-0.2, 0) is 25.7 Å². The van der Waals surface area contributed by atoms with Crippen molar-refractivity contribution in [1.29, 1.82) is 0 Å². The molecule has 0 bridgehead atoms. The Morgan fingerprint density at radius 2 is 1.21 bits per heavy atom. The van der Waals surface area contributed by atoms with Gasteiger partial charge in [-0.15, -0.1) is 0 Å². The summed E-state index contributed by atoms with van der Waals surface area (Å²) in [6.07, 6.45) is 24.6. The maximum absolute atomic E-state index is 4.57. The molecular weight excluding hydrogens is 699 g/mol. The molecule has 7 rings (SSSR count). The van der Waals surface area contributed by atoms with E-state index in [9.17, 15) is 0 Å². The monoisotopic (exact) mass is 772 g/mol. The van der Waals surface area contributed by atoms with Crippen LogP contribution in [0.15, 0.2) is 98.2 Å². The first-order valence-corrected chi connectivity index (χ1v) is 21.2. The van der Waals surface area contributed by atoms with E-state index in [-0.39, 0.29) is 0 Å². The molecule has 0 spiro atoms. The molecule has 0 N–H and O–H groups in total. The number of nitrogens with zero attached hydrogens (tertiary/aromatic N) is 7. The lowest BCUT2D eigenvalue weighted by Gasteiger charge is -2.27. The maximum atomic E-state index is 4.57. The molecule has 1 saturated heterocycles. The predicted molar refractivity (Wildman–Crippen MR) is 240 cm³/mol. The fourth-order valence-corrected chi connectivity index (χ4v) is 7.33. The lowest BCUT2D eigenvalue weighted by Crippen LogP contribution is -2.19. The summed E-state index contributed by atoms with van der Waals surface area (Å²) in [7, 11) is 0. The number of imidazole rings is 1. The molecule has 57 heavy (non-hydrogen) atoms. The van der Waals surface area contributed by atoms with E-state index in [0.29, 0.717) is 27.6 Å². The molecule has 0 amide bonds. The molecular formula is C50H73N7. The molecule has 308 valence electrons. The Morgan fingerprint density at radius 1 is 0.596 bits per heavy atom. The number of anilines is 1. The van der Waals surface area contributed by atoms with Crippen molar-refractivity contribution < 1.29 is 0 Å². The van der Waals surface area contributed by atoms with Gasteiger partial charge in [0.2, 0.25) is 0 Å². The van der Waals surface area contributed by atoms with Gasteiger partial charge in [0.05, 0.1) is 0 Å². The largest absolute Gasteiger partial charge is 0.357 e. The van der Waals surface area contributed by atoms with Gasteiger partial charge in [-0.1, -0.05) is 107 Å². The van der Waals surface area contributed by atoms with Crippen LogP contribution in [0.2, 0.25) is 0 Å². The first kappa shape index (κ1) is 45.3. The Hall–Kier alpha value is -4.39. The van der Waals surface area contributed by atoms with E-state index in [0.717, 1.165) is 37.3 Å². The number of aromatic nitrogens is 6. The fraction of sp³-hybridized carbons (Fsp3) is 0.540. The van der Waals surface area contributed by atoms with E-state index in [2.05, 4.69) is 149 Å². The summed E-state index contributed by atoms with van der Waals surface area (Å²) >= 11 is 0. The minimum atomic E-state index is 0.304. The lowest BCUT2D eigenvalue weighted by atomic mass is 9.78. The smallest absolute Gasteiger partial charge is 0.137 e. The van der Waals surface area contributed by atoms with Gasteiger partial charge in [0, 0.05) is 62.2 Å². The molecule has 6 heterocycles. The van der Waals surface area contributed by atoms with E-state index < -0.39 is 0 Å². The molecule has 0 aromatic carbocycles. The summed E-state index contributed by atoms with van der Waals surface area (Å²) < 4.78 is 1.90. The Kier molecular flexibility index (Phi) is 16.2. The van der Waals surface area contributed by atoms with Crippen molar-refractivity contribution in [3.05, 3.63) is 126 Å². The topological polar surface area (TPSA) is 72.6 Å². The quantitative estimate of drug-likeness (QED) is 0.171. The summed E-state index contributed by atoms with van der Waals surface area (Å²) in [4.78, 5) is 23.9. The summed E-state index contributed by atoms with van der Waals surface area (Å²) in [5.41, 5.74) is 8.22. The predicted octanol–water partition coefficient (Wildman–Crippen LogP) is 12.3. The van der Waals surface area contributed by atoms with Gasteiger partial charge in [0.25, 0.3) is 0 Å². The third kappa shape index (κ3) is 16.5. The van der Waals surface area contributed by atoms with Crippen LogP contribution in [0.3, 0.4) is 0 Å². The highest BCUT2D eigenvalue weighted by atomic mass is 15.2. The van der Waals surface area contributed by atoms with Crippen molar-refractivity contribution in [2.24, 2.45) is 21.7 Å². The number of aryl methyl sites for hydroxylation is 2. The van der Waals surface area contributed by atoms with Gasteiger partial charge in [-0.25, -0.2) is 15.0 Å². The molecule has 7 nitrogen and oxygen atoms in total. The van der Waals surface area contributed by atoms with Crippen molar-refractivity contribution in [3.63, 3.8) is 0 Å². The van der Waals surface area contributed by atoms with Crippen molar-refractivity contribution in [1.82, 2.24) is 29.5 Å². The van der Waals surface area contributed by atoms with Crippen LogP contribution in [0.4, 0.5) is 5.82 Å². The molecule has 1 aliphatic carbocycles. The van der Waals surface area contributed by atoms with Crippen LogP contribution in [0.5, 0.6) is 0 Å². The molecule has 0 radical (unpaired) electrons. The van der Waals surface area contributed by atoms with Gasteiger partial charge < -0.3 is 4.90 Å². The van der Waals surface area contributed by atoms with Gasteiger partial charge >= 0.3 is 0 Å². The highest BCUT2D eigenvalue weighted by Gasteiger charge is 2.32. The highest BCUT2D eigenvalue weighted by Crippen LogP contribution is 2.43. The van der Waals surface area contributed by atoms with Crippen molar-refractivity contribution in [2.45, 2.75) is 140 Å². The minimum absolute atomic E-state index is 0.304. The summed E-state index contributed by atoms with van der Waals surface area (Å²) in [6.45, 7) is 29.6. The van der Waals surface area contributed by atoms with Gasteiger partial charge in [0.15, 0.2) is 0 Å². The van der Waals surface area contributed by atoms with Crippen LogP contribution in [0.25, 0.3) is 5.82 Å². The maximum Gasteiger partial charge on any atom is 0.137 e. The fourth-order valence-electron chi connectivity index (χ4n) is 7.33. The average molecular weight is 772 g/mol. The molecule has 1 fully saturated rings. The number of pyridine rings is 4. The zero-order chi connectivity index (χ0) is 41.7. The zero-order valence-electron chi connectivity index (χ0n) is 37.5. The lowest BCUT2D eigenvalue weighted by molar-refractivity contribution is 0.319. The second-order valence-corrected chi connectivity index (χ2v) is 20.6. The molecule has 1 atom stereocenters. The second kappa shape index (κ2) is 20.3. The molecule has 2 aliphatic rings. The van der Waals surface area contributed by atoms with E-state index in [1.165, 1.54) is 66.7 Å². The highest BCUT2D eigenvalue weighted by molar-refractivity contribution is 5.40. The van der Waals surface area contributed by atoms with Crippen LogP contribution in [-0.4, -0.2) is 42.6 Å². The van der Waals surface area contributed by atoms with Crippen LogP contribution in [0, 0.1) is 21.7 Å². The number of fused-ring (bicyclic) bond motifs is 1. The summed E-state index contributed by atoms with van der Waals surface area (Å²) in [5.74, 6) is 2.77. The molecule has 5 aromatic rings. The van der Waals surface area contributed by atoms with E-state index in [1.54, 1.807) is 12.5 Å². The number of hydrogen-bond acceptors (Lipinski definition) is 6. The molecule has 1 unspecified atom stereocenters. The molecule has 7 heteroatoms.